The van der Waals surface area contributed by atoms with Crippen molar-refractivity contribution >= 4 is 46.3 Å². The van der Waals surface area contributed by atoms with Crippen molar-refractivity contribution < 1.29 is 36.7 Å². The molecule has 0 N–H and O–H groups in total. The number of rotatable bonds is 12. The van der Waals surface area contributed by atoms with Gasteiger partial charge in [-0.15, -0.1) is 0 Å². The third kappa shape index (κ3) is 9.24. The Morgan fingerprint density at radius 2 is 0.833 bits per heavy atom. The van der Waals surface area contributed by atoms with Gasteiger partial charge in [-0.25, -0.2) is 17.6 Å². The van der Waals surface area contributed by atoms with Crippen molar-refractivity contribution in [3.63, 3.8) is 0 Å². The topological polar surface area (TPSA) is 68.3 Å². The number of hydrogen-bond donors (Lipinski definition) is 0. The van der Waals surface area contributed by atoms with Crippen LogP contribution < -0.4 is 0 Å². The molecule has 0 saturated heterocycles. The van der Waals surface area contributed by atoms with Crippen LogP contribution in [0.25, 0.3) is 0 Å². The summed E-state index contributed by atoms with van der Waals surface area (Å²) in [6.07, 6.45) is -8.16. The van der Waals surface area contributed by atoms with E-state index in [0.29, 0.717) is 0 Å². The summed E-state index contributed by atoms with van der Waals surface area (Å²) in [5.41, 5.74) is -0.606. The Morgan fingerprint density at radius 1 is 0.521 bits per heavy atom. The quantitative estimate of drug-likeness (QED) is 0.0840. The van der Waals surface area contributed by atoms with Gasteiger partial charge in [0.2, 0.25) is 23.1 Å². The zero-order chi connectivity index (χ0) is 35.7. The average molecular weight is 698 g/mol. The largest absolute Gasteiger partial charge is 0.290 e. The second-order valence-corrected chi connectivity index (χ2v) is 11.7. The molecule has 0 aliphatic heterocycles. The zero-order valence-electron chi connectivity index (χ0n) is 25.9. The van der Waals surface area contributed by atoms with Crippen molar-refractivity contribution in [1.82, 2.24) is 0 Å². The fourth-order valence-corrected chi connectivity index (χ4v) is 4.77. The van der Waals surface area contributed by atoms with Crippen LogP contribution in [0.5, 0.6) is 0 Å². The molecule has 48 heavy (non-hydrogen) atoms. The fourth-order valence-electron chi connectivity index (χ4n) is 4.43. The van der Waals surface area contributed by atoms with Crippen LogP contribution in [-0.4, -0.2) is 35.5 Å². The Morgan fingerprint density at radius 3 is 1.12 bits per heavy atom. The van der Waals surface area contributed by atoms with Gasteiger partial charge in [0.15, 0.2) is 24.7 Å². The first-order valence-electron chi connectivity index (χ1n) is 14.4. The van der Waals surface area contributed by atoms with E-state index in [1.807, 2.05) is 0 Å². The Balaban J connectivity index is 0.000000260. The number of ketones is 4. The second-order valence-electron chi connectivity index (χ2n) is 10.8. The van der Waals surface area contributed by atoms with E-state index in [2.05, 4.69) is 13.2 Å². The molecule has 10 heteroatoms. The predicted octanol–water partition coefficient (Wildman–Crippen LogP) is 10.7. The van der Waals surface area contributed by atoms with E-state index in [9.17, 15) is 36.7 Å². The van der Waals surface area contributed by atoms with Crippen LogP contribution in [0.1, 0.15) is 78.7 Å². The highest BCUT2D eigenvalue weighted by Gasteiger charge is 2.31. The minimum Gasteiger partial charge on any atom is -0.290 e. The highest BCUT2D eigenvalue weighted by Crippen LogP contribution is 2.31. The lowest BCUT2D eigenvalue weighted by atomic mass is 9.92. The standard InChI is InChI=1S/2C19H15ClF2O2/c2*1-11(2)16(21)19(24)15-10-13(20)8-9-14(15)17(22)18(23)12-6-4-3-5-7-12/h2*3-10,16-17H,1H2,2H3/t16-,17+;16-,17-/m10/s1. The molecule has 0 aliphatic rings. The molecule has 0 heterocycles. The van der Waals surface area contributed by atoms with E-state index >= 15 is 0 Å². The van der Waals surface area contributed by atoms with Crippen LogP contribution in [0, 0.1) is 0 Å². The highest BCUT2D eigenvalue weighted by atomic mass is 35.5. The first-order chi connectivity index (χ1) is 22.6. The molecule has 0 aromatic heterocycles. The molecule has 0 bridgehead atoms. The van der Waals surface area contributed by atoms with E-state index < -0.39 is 47.8 Å². The third-order valence-electron chi connectivity index (χ3n) is 7.01. The van der Waals surface area contributed by atoms with Crippen LogP contribution in [-0.2, 0) is 0 Å². The summed E-state index contributed by atoms with van der Waals surface area (Å²) in [7, 11) is 0. The Kier molecular flexibility index (Phi) is 13.3. The average Bonchev–Trinajstić information content (AvgIpc) is 3.09. The SMILES string of the molecule is C=C(C)[C@@H](F)C(=O)c1cc(Cl)ccc1[C@H](F)C(=O)c1ccccc1.C=C(C)[C@H](F)C(=O)c1cc(Cl)ccc1[C@H](F)C(=O)c1ccccc1. The van der Waals surface area contributed by atoms with E-state index in [4.69, 9.17) is 23.2 Å². The molecular weight excluding hydrogens is 667 g/mol. The molecule has 4 aromatic carbocycles. The van der Waals surface area contributed by atoms with Crippen LogP contribution in [0.3, 0.4) is 0 Å². The van der Waals surface area contributed by atoms with Crippen LogP contribution in [0.15, 0.2) is 121 Å². The Hall–Kier alpha value is -4.66. The van der Waals surface area contributed by atoms with E-state index in [1.165, 1.54) is 74.5 Å². The normalized spacial score (nSPS) is 13.2. The summed E-state index contributed by atoms with van der Waals surface area (Å²) in [5.74, 6) is -3.55. The Bertz CT molecular complexity index is 1710. The van der Waals surface area contributed by atoms with Crippen molar-refractivity contribution in [3.8, 4) is 0 Å². The lowest BCUT2D eigenvalue weighted by Crippen LogP contribution is -2.20. The van der Waals surface area contributed by atoms with Crippen molar-refractivity contribution in [3.05, 3.63) is 165 Å². The summed E-state index contributed by atoms with van der Waals surface area (Å²) in [4.78, 5) is 49.1. The lowest BCUT2D eigenvalue weighted by molar-refractivity contribution is 0.0858. The number of carbonyl (C=O) groups is 4. The minimum absolute atomic E-state index is 0.00396. The van der Waals surface area contributed by atoms with Gasteiger partial charge in [-0.2, -0.15) is 0 Å². The van der Waals surface area contributed by atoms with Gasteiger partial charge in [0.1, 0.15) is 0 Å². The lowest BCUT2D eigenvalue weighted by Gasteiger charge is -2.15. The van der Waals surface area contributed by atoms with Gasteiger partial charge >= 0.3 is 0 Å². The van der Waals surface area contributed by atoms with Gasteiger partial charge in [0.05, 0.1) is 0 Å². The fraction of sp³-hybridized carbons (Fsp3) is 0.158. The summed E-state index contributed by atoms with van der Waals surface area (Å²) in [6.45, 7) is 9.50. The molecule has 0 aliphatic carbocycles. The molecule has 4 nitrogen and oxygen atoms in total. The van der Waals surface area contributed by atoms with Crippen molar-refractivity contribution in [2.24, 2.45) is 0 Å². The van der Waals surface area contributed by atoms with Crippen molar-refractivity contribution in [1.29, 1.82) is 0 Å². The maximum Gasteiger partial charge on any atom is 0.201 e. The molecule has 0 spiro atoms. The predicted molar refractivity (Wildman–Crippen MR) is 180 cm³/mol. The van der Waals surface area contributed by atoms with Crippen molar-refractivity contribution in [2.75, 3.05) is 0 Å². The smallest absolute Gasteiger partial charge is 0.201 e. The summed E-state index contributed by atoms with van der Waals surface area (Å²) >= 11 is 11.7. The van der Waals surface area contributed by atoms with Crippen LogP contribution in [0.4, 0.5) is 17.6 Å². The first kappa shape index (κ1) is 37.8. The van der Waals surface area contributed by atoms with Crippen molar-refractivity contribution in [2.45, 2.75) is 38.5 Å². The van der Waals surface area contributed by atoms with E-state index in [0.717, 1.165) is 0 Å². The third-order valence-corrected chi connectivity index (χ3v) is 7.48. The van der Waals surface area contributed by atoms with Crippen LogP contribution >= 0.6 is 23.2 Å². The monoisotopic (exact) mass is 696 g/mol. The highest BCUT2D eigenvalue weighted by molar-refractivity contribution is 6.31. The second kappa shape index (κ2) is 16.9. The number of benzene rings is 4. The van der Waals surface area contributed by atoms with Gasteiger partial charge in [0, 0.05) is 43.4 Å². The zero-order valence-corrected chi connectivity index (χ0v) is 27.4. The molecule has 0 radical (unpaired) electrons. The molecule has 0 fully saturated rings. The van der Waals surface area contributed by atoms with Gasteiger partial charge in [-0.3, -0.25) is 19.2 Å². The molecule has 0 amide bonds. The molecule has 0 saturated carbocycles. The van der Waals surface area contributed by atoms with Gasteiger partial charge in [-0.1, -0.05) is 109 Å². The molecule has 4 atom stereocenters. The molecule has 4 aromatic rings. The molecule has 248 valence electrons. The van der Waals surface area contributed by atoms with Gasteiger partial charge in [-0.05, 0) is 49.3 Å². The molecular formula is C38H30Cl2F4O4. The summed E-state index contributed by atoms with van der Waals surface area (Å²) in [6, 6.07) is 23.2. The molecule has 4 rings (SSSR count). The number of alkyl halides is 4. The number of Topliss-reactive ketones (excluding diaryl/α,β-unsaturated/α-hetero) is 4. The number of allylic oxidation sites excluding steroid dienone is 2. The van der Waals surface area contributed by atoms with Gasteiger partial charge < -0.3 is 0 Å². The number of hydrogen-bond acceptors (Lipinski definition) is 4. The van der Waals surface area contributed by atoms with Crippen LogP contribution in [0.2, 0.25) is 10.0 Å². The first-order valence-corrected chi connectivity index (χ1v) is 15.1. The van der Waals surface area contributed by atoms with E-state index in [1.54, 1.807) is 36.4 Å². The maximum atomic E-state index is 14.7. The minimum atomic E-state index is -2.10. The molecule has 0 unspecified atom stereocenters. The van der Waals surface area contributed by atoms with E-state index in [-0.39, 0.29) is 54.6 Å². The summed E-state index contributed by atoms with van der Waals surface area (Å²) in [5, 5.41) is 0.297. The summed E-state index contributed by atoms with van der Waals surface area (Å²) < 4.78 is 57.5. The number of carbonyl (C=O) groups excluding carboxylic acids is 4. The number of halogens is 6. The maximum absolute atomic E-state index is 14.7. The van der Waals surface area contributed by atoms with Gasteiger partial charge in [0.25, 0.3) is 0 Å². The Labute approximate surface area is 285 Å².